The van der Waals surface area contributed by atoms with E-state index < -0.39 is 0 Å². The molecule has 2 nitrogen and oxygen atoms in total. The van der Waals surface area contributed by atoms with E-state index in [2.05, 4.69) is 25.9 Å². The number of rotatable bonds is 1. The Balaban J connectivity index is 0.000000845. The van der Waals surface area contributed by atoms with Crippen LogP contribution in [0.4, 0.5) is 0 Å². The van der Waals surface area contributed by atoms with Gasteiger partial charge < -0.3 is 4.98 Å². The van der Waals surface area contributed by atoms with Crippen LogP contribution in [0.15, 0.2) is 18.2 Å². The lowest BCUT2D eigenvalue weighted by molar-refractivity contribution is 1.15. The molecule has 2 aromatic rings. The molecule has 1 aromatic carbocycles. The van der Waals surface area contributed by atoms with Crippen molar-refractivity contribution in [2.24, 2.45) is 0 Å². The molecule has 0 fully saturated rings. The zero-order chi connectivity index (χ0) is 8.55. The van der Waals surface area contributed by atoms with Gasteiger partial charge in [-0.2, -0.15) is 0 Å². The summed E-state index contributed by atoms with van der Waals surface area (Å²) in [6, 6.07) is 5.61. The highest BCUT2D eigenvalue weighted by Crippen LogP contribution is 2.17. The molecule has 0 radical (unpaired) electrons. The molecule has 0 atom stereocenters. The molecule has 0 aliphatic heterocycles. The monoisotopic (exact) mass is 324 g/mol. The fraction of sp³-hybridized carbons (Fsp3) is 0.125. The summed E-state index contributed by atoms with van der Waals surface area (Å²) in [6.45, 7) is 0. The van der Waals surface area contributed by atoms with Crippen LogP contribution >= 0.6 is 44.5 Å². The Morgan fingerprint density at radius 1 is 1.46 bits per heavy atom. The summed E-state index contributed by atoms with van der Waals surface area (Å²) in [5, 5.41) is 1.46. The molecular weight excluding hydrogens is 319 g/mol. The van der Waals surface area contributed by atoms with Crippen molar-refractivity contribution in [2.75, 3.05) is 0 Å². The summed E-state index contributed by atoms with van der Waals surface area (Å²) in [5.41, 5.74) is 1.94. The van der Waals surface area contributed by atoms with Crippen LogP contribution in [-0.2, 0) is 5.33 Å². The summed E-state index contributed by atoms with van der Waals surface area (Å²) in [7, 11) is 0. The third-order valence-electron chi connectivity index (χ3n) is 1.62. The number of hydrogen-bond acceptors (Lipinski definition) is 1. The van der Waals surface area contributed by atoms with E-state index in [0.29, 0.717) is 0 Å². The fourth-order valence-corrected chi connectivity index (χ4v) is 1.54. The highest BCUT2D eigenvalue weighted by atomic mass is 79.9. The Labute approximate surface area is 99.6 Å². The molecule has 0 saturated heterocycles. The number of alkyl halides is 1. The van der Waals surface area contributed by atoms with Crippen molar-refractivity contribution in [1.82, 2.24) is 9.97 Å². The molecule has 5 heteroatoms. The predicted octanol–water partition coefficient (Wildman–Crippen LogP) is 3.69. The lowest BCUT2D eigenvalue weighted by atomic mass is 10.3. The summed E-state index contributed by atoms with van der Waals surface area (Å²) >= 11 is 9.14. The first kappa shape index (κ1) is 11.0. The summed E-state index contributed by atoms with van der Waals surface area (Å²) in [4.78, 5) is 7.45. The minimum absolute atomic E-state index is 0. The minimum atomic E-state index is 0. The quantitative estimate of drug-likeness (QED) is 0.796. The predicted molar refractivity (Wildman–Crippen MR) is 64.1 cm³/mol. The van der Waals surface area contributed by atoms with Crippen molar-refractivity contribution in [2.45, 2.75) is 5.33 Å². The van der Waals surface area contributed by atoms with Gasteiger partial charge in [-0.25, -0.2) is 4.98 Å². The number of imidazole rings is 1. The van der Waals surface area contributed by atoms with Crippen molar-refractivity contribution in [3.8, 4) is 0 Å². The maximum absolute atomic E-state index is 5.81. The SMILES string of the molecule is Br.Clc1ccc2nc(CBr)[nH]c2c1. The van der Waals surface area contributed by atoms with Crippen molar-refractivity contribution < 1.29 is 0 Å². The topological polar surface area (TPSA) is 28.7 Å². The molecule has 0 amide bonds. The van der Waals surface area contributed by atoms with Crippen LogP contribution < -0.4 is 0 Å². The Kier molecular flexibility index (Phi) is 3.76. The summed E-state index contributed by atoms with van der Waals surface area (Å²) < 4.78 is 0. The van der Waals surface area contributed by atoms with Crippen molar-refractivity contribution in [1.29, 1.82) is 0 Å². The van der Waals surface area contributed by atoms with E-state index in [1.165, 1.54) is 0 Å². The third kappa shape index (κ3) is 2.24. The maximum atomic E-state index is 5.81. The fourth-order valence-electron chi connectivity index (χ4n) is 1.10. The molecule has 1 N–H and O–H groups in total. The van der Waals surface area contributed by atoms with E-state index in [0.717, 1.165) is 27.2 Å². The zero-order valence-electron chi connectivity index (χ0n) is 6.55. The Bertz CT molecular complexity index is 413. The highest BCUT2D eigenvalue weighted by molar-refractivity contribution is 9.08. The Morgan fingerprint density at radius 3 is 2.92 bits per heavy atom. The largest absolute Gasteiger partial charge is 0.341 e. The van der Waals surface area contributed by atoms with Gasteiger partial charge in [0.05, 0.1) is 16.4 Å². The van der Waals surface area contributed by atoms with Crippen molar-refractivity contribution >= 4 is 55.5 Å². The molecule has 2 rings (SSSR count). The Hall–Kier alpha value is -0.0600. The number of H-pyrrole nitrogens is 1. The van der Waals surface area contributed by atoms with Crippen LogP contribution in [0.1, 0.15) is 5.82 Å². The van der Waals surface area contributed by atoms with Gasteiger partial charge in [0.25, 0.3) is 0 Å². The number of nitrogens with zero attached hydrogens (tertiary/aromatic N) is 1. The molecule has 0 spiro atoms. The van der Waals surface area contributed by atoms with Crippen LogP contribution in [0.2, 0.25) is 5.02 Å². The molecule has 0 aliphatic rings. The third-order valence-corrected chi connectivity index (χ3v) is 2.39. The number of halogens is 3. The van der Waals surface area contributed by atoms with Gasteiger partial charge in [-0.3, -0.25) is 0 Å². The van der Waals surface area contributed by atoms with Crippen LogP contribution in [0.25, 0.3) is 11.0 Å². The van der Waals surface area contributed by atoms with E-state index in [4.69, 9.17) is 11.6 Å². The van der Waals surface area contributed by atoms with Crippen LogP contribution in [0.5, 0.6) is 0 Å². The lowest BCUT2D eigenvalue weighted by Crippen LogP contribution is -1.76. The highest BCUT2D eigenvalue weighted by Gasteiger charge is 2.00. The first-order valence-electron chi connectivity index (χ1n) is 3.50. The van der Waals surface area contributed by atoms with E-state index in [-0.39, 0.29) is 17.0 Å². The average Bonchev–Trinajstić information content (AvgIpc) is 2.46. The van der Waals surface area contributed by atoms with Crippen molar-refractivity contribution in [3.05, 3.63) is 29.0 Å². The van der Waals surface area contributed by atoms with Gasteiger partial charge in [0.2, 0.25) is 0 Å². The van der Waals surface area contributed by atoms with Gasteiger partial charge in [-0.15, -0.1) is 17.0 Å². The maximum Gasteiger partial charge on any atom is 0.117 e. The first-order valence-corrected chi connectivity index (χ1v) is 4.99. The number of fused-ring (bicyclic) bond motifs is 1. The zero-order valence-corrected chi connectivity index (χ0v) is 10.6. The first-order chi connectivity index (χ1) is 5.79. The van der Waals surface area contributed by atoms with Gasteiger partial charge in [-0.05, 0) is 18.2 Å². The smallest absolute Gasteiger partial charge is 0.117 e. The molecule has 1 heterocycles. The van der Waals surface area contributed by atoms with Gasteiger partial charge >= 0.3 is 0 Å². The van der Waals surface area contributed by atoms with E-state index in [1.807, 2.05) is 18.2 Å². The second-order valence-corrected chi connectivity index (χ2v) is 3.48. The molecule has 70 valence electrons. The van der Waals surface area contributed by atoms with E-state index >= 15 is 0 Å². The number of aromatic nitrogens is 2. The van der Waals surface area contributed by atoms with Gasteiger partial charge in [0.1, 0.15) is 5.82 Å². The van der Waals surface area contributed by atoms with Crippen LogP contribution in [-0.4, -0.2) is 9.97 Å². The second kappa shape index (κ2) is 4.44. The number of nitrogens with one attached hydrogen (secondary N) is 1. The molecule has 0 aliphatic carbocycles. The molecular formula is C8H7Br2ClN2. The van der Waals surface area contributed by atoms with Crippen LogP contribution in [0.3, 0.4) is 0 Å². The number of benzene rings is 1. The van der Waals surface area contributed by atoms with Gasteiger partial charge in [0.15, 0.2) is 0 Å². The molecule has 0 unspecified atom stereocenters. The van der Waals surface area contributed by atoms with Gasteiger partial charge in [-0.1, -0.05) is 27.5 Å². The summed E-state index contributed by atoms with van der Waals surface area (Å²) in [5.74, 6) is 0.923. The Morgan fingerprint density at radius 2 is 2.23 bits per heavy atom. The molecule has 13 heavy (non-hydrogen) atoms. The molecule has 0 saturated carbocycles. The number of hydrogen-bond donors (Lipinski definition) is 1. The molecule has 0 bridgehead atoms. The minimum Gasteiger partial charge on any atom is -0.341 e. The second-order valence-electron chi connectivity index (χ2n) is 2.48. The standard InChI is InChI=1S/C8H6BrClN2.BrH/c9-4-8-11-6-2-1-5(10)3-7(6)12-8;/h1-3H,4H2,(H,11,12);1H. The van der Waals surface area contributed by atoms with Crippen molar-refractivity contribution in [3.63, 3.8) is 0 Å². The van der Waals surface area contributed by atoms with Crippen LogP contribution in [0, 0.1) is 0 Å². The molecule has 1 aromatic heterocycles. The summed E-state index contributed by atoms with van der Waals surface area (Å²) in [6.07, 6.45) is 0. The lowest BCUT2D eigenvalue weighted by Gasteiger charge is -1.87. The normalized spacial score (nSPS) is 10.0. The number of aromatic amines is 1. The van der Waals surface area contributed by atoms with E-state index in [9.17, 15) is 0 Å². The van der Waals surface area contributed by atoms with E-state index in [1.54, 1.807) is 0 Å². The van der Waals surface area contributed by atoms with Gasteiger partial charge in [0, 0.05) is 5.02 Å². The average molecular weight is 326 g/mol.